The second kappa shape index (κ2) is 4.30. The second-order valence-corrected chi connectivity index (χ2v) is 4.00. The number of benzene rings is 1. The Hall–Kier alpha value is -1.68. The standard InChI is InChI=1S/C12H12ClNO3/c1-14-9(12(15)17-3)6-7-8(13)4-5-10(16-2)11(7)14/h4-6H,1-3H3. The number of carbonyl (C=O) groups excluding carboxylic acids is 1. The zero-order valence-electron chi connectivity index (χ0n) is 9.78. The van der Waals surface area contributed by atoms with Crippen LogP contribution in [0.4, 0.5) is 0 Å². The van der Waals surface area contributed by atoms with E-state index < -0.39 is 5.97 Å². The summed E-state index contributed by atoms with van der Waals surface area (Å²) in [6.45, 7) is 0. The van der Waals surface area contributed by atoms with Gasteiger partial charge in [-0.1, -0.05) is 11.6 Å². The van der Waals surface area contributed by atoms with Crippen LogP contribution < -0.4 is 4.74 Å². The first-order valence-corrected chi connectivity index (χ1v) is 5.38. The van der Waals surface area contributed by atoms with Gasteiger partial charge in [-0.05, 0) is 18.2 Å². The van der Waals surface area contributed by atoms with Gasteiger partial charge >= 0.3 is 5.97 Å². The smallest absolute Gasteiger partial charge is 0.354 e. The lowest BCUT2D eigenvalue weighted by Gasteiger charge is -2.06. The third-order valence-corrected chi connectivity index (χ3v) is 3.05. The van der Waals surface area contributed by atoms with Gasteiger partial charge in [0.2, 0.25) is 0 Å². The van der Waals surface area contributed by atoms with Crippen molar-refractivity contribution in [1.82, 2.24) is 4.57 Å². The highest BCUT2D eigenvalue weighted by Gasteiger charge is 2.17. The maximum absolute atomic E-state index is 11.6. The maximum Gasteiger partial charge on any atom is 0.354 e. The van der Waals surface area contributed by atoms with Gasteiger partial charge in [-0.15, -0.1) is 0 Å². The summed E-state index contributed by atoms with van der Waals surface area (Å²) in [6.07, 6.45) is 0. The van der Waals surface area contributed by atoms with Crippen molar-refractivity contribution in [1.29, 1.82) is 0 Å². The topological polar surface area (TPSA) is 40.5 Å². The Balaban J connectivity index is 2.81. The molecule has 0 fully saturated rings. The summed E-state index contributed by atoms with van der Waals surface area (Å²) < 4.78 is 11.7. The average molecular weight is 254 g/mol. The number of nitrogens with zero attached hydrogens (tertiary/aromatic N) is 1. The number of aryl methyl sites for hydroxylation is 1. The van der Waals surface area contributed by atoms with Crippen molar-refractivity contribution in [2.24, 2.45) is 7.05 Å². The molecule has 0 radical (unpaired) electrons. The number of esters is 1. The molecule has 1 aromatic heterocycles. The zero-order chi connectivity index (χ0) is 12.6. The first-order valence-electron chi connectivity index (χ1n) is 5.00. The lowest BCUT2D eigenvalue weighted by atomic mass is 10.2. The normalized spacial score (nSPS) is 10.6. The van der Waals surface area contributed by atoms with Crippen LogP contribution in [0.25, 0.3) is 10.9 Å². The molecular weight excluding hydrogens is 242 g/mol. The Bertz CT molecular complexity index is 589. The Morgan fingerprint density at radius 3 is 2.65 bits per heavy atom. The molecule has 0 N–H and O–H groups in total. The van der Waals surface area contributed by atoms with E-state index in [9.17, 15) is 4.79 Å². The van der Waals surface area contributed by atoms with Crippen LogP contribution in [0.2, 0.25) is 5.02 Å². The van der Waals surface area contributed by atoms with Gasteiger partial charge in [-0.3, -0.25) is 0 Å². The van der Waals surface area contributed by atoms with Gasteiger partial charge in [0.25, 0.3) is 0 Å². The summed E-state index contributed by atoms with van der Waals surface area (Å²) in [5.41, 5.74) is 1.22. The van der Waals surface area contributed by atoms with E-state index in [-0.39, 0.29) is 0 Å². The van der Waals surface area contributed by atoms with E-state index in [0.717, 1.165) is 10.9 Å². The van der Waals surface area contributed by atoms with Gasteiger partial charge in [0.1, 0.15) is 11.4 Å². The van der Waals surface area contributed by atoms with Crippen molar-refractivity contribution in [3.8, 4) is 5.75 Å². The van der Waals surface area contributed by atoms with Gasteiger partial charge in [0, 0.05) is 12.4 Å². The summed E-state index contributed by atoms with van der Waals surface area (Å²) in [5.74, 6) is 0.267. The Morgan fingerprint density at radius 1 is 1.35 bits per heavy atom. The minimum absolute atomic E-state index is 0.401. The molecule has 0 bridgehead atoms. The van der Waals surface area contributed by atoms with E-state index in [1.807, 2.05) is 0 Å². The van der Waals surface area contributed by atoms with Gasteiger partial charge < -0.3 is 14.0 Å². The van der Waals surface area contributed by atoms with Crippen LogP contribution in [-0.2, 0) is 11.8 Å². The number of hydrogen-bond donors (Lipinski definition) is 0. The Labute approximate surface area is 104 Å². The molecule has 0 aliphatic carbocycles. The number of halogens is 1. The molecule has 17 heavy (non-hydrogen) atoms. The molecule has 0 amide bonds. The van der Waals surface area contributed by atoms with E-state index in [1.54, 1.807) is 36.9 Å². The van der Waals surface area contributed by atoms with Gasteiger partial charge in [-0.25, -0.2) is 4.79 Å². The van der Waals surface area contributed by atoms with Crippen molar-refractivity contribution in [2.75, 3.05) is 14.2 Å². The molecule has 0 unspecified atom stereocenters. The van der Waals surface area contributed by atoms with E-state index in [2.05, 4.69) is 0 Å². The number of methoxy groups -OCH3 is 2. The van der Waals surface area contributed by atoms with Crippen molar-refractivity contribution in [2.45, 2.75) is 0 Å². The lowest BCUT2D eigenvalue weighted by molar-refractivity contribution is 0.0590. The summed E-state index contributed by atoms with van der Waals surface area (Å²) in [6, 6.07) is 5.21. The Kier molecular flexibility index (Phi) is 2.98. The number of ether oxygens (including phenoxy) is 2. The van der Waals surface area contributed by atoms with Crippen LogP contribution >= 0.6 is 11.6 Å². The first kappa shape index (κ1) is 11.8. The third kappa shape index (κ3) is 1.74. The molecule has 5 heteroatoms. The quantitative estimate of drug-likeness (QED) is 0.773. The van der Waals surface area contributed by atoms with Crippen LogP contribution in [0.3, 0.4) is 0 Å². The molecule has 1 heterocycles. The Morgan fingerprint density at radius 2 is 2.06 bits per heavy atom. The molecular formula is C12H12ClNO3. The molecule has 90 valence electrons. The highest BCUT2D eigenvalue weighted by Crippen LogP contribution is 2.33. The maximum atomic E-state index is 11.6. The summed E-state index contributed by atoms with van der Waals surface area (Å²) >= 11 is 6.10. The fourth-order valence-corrected chi connectivity index (χ4v) is 2.07. The van der Waals surface area contributed by atoms with Gasteiger partial charge in [0.05, 0.1) is 24.8 Å². The largest absolute Gasteiger partial charge is 0.495 e. The van der Waals surface area contributed by atoms with E-state index in [4.69, 9.17) is 21.1 Å². The summed E-state index contributed by atoms with van der Waals surface area (Å²) in [5, 5.41) is 1.35. The fourth-order valence-electron chi connectivity index (χ4n) is 1.87. The highest BCUT2D eigenvalue weighted by molar-refractivity contribution is 6.35. The molecule has 0 aliphatic heterocycles. The zero-order valence-corrected chi connectivity index (χ0v) is 10.5. The molecule has 0 saturated heterocycles. The monoisotopic (exact) mass is 253 g/mol. The van der Waals surface area contributed by atoms with Gasteiger partial charge in [-0.2, -0.15) is 0 Å². The van der Waals surface area contributed by atoms with Crippen LogP contribution in [0.1, 0.15) is 10.5 Å². The van der Waals surface area contributed by atoms with Crippen molar-refractivity contribution in [3.63, 3.8) is 0 Å². The number of rotatable bonds is 2. The molecule has 1 aromatic carbocycles. The first-order chi connectivity index (χ1) is 8.10. The van der Waals surface area contributed by atoms with Crippen LogP contribution in [0.5, 0.6) is 5.75 Å². The summed E-state index contributed by atoms with van der Waals surface area (Å²) in [4.78, 5) is 11.6. The minimum atomic E-state index is -0.401. The number of aromatic nitrogens is 1. The number of carbonyl (C=O) groups is 1. The van der Waals surface area contributed by atoms with Crippen LogP contribution in [0, 0.1) is 0 Å². The molecule has 2 rings (SSSR count). The van der Waals surface area contributed by atoms with E-state index in [0.29, 0.717) is 16.5 Å². The molecule has 2 aromatic rings. The van der Waals surface area contributed by atoms with Crippen LogP contribution in [-0.4, -0.2) is 24.8 Å². The van der Waals surface area contributed by atoms with E-state index >= 15 is 0 Å². The lowest BCUT2D eigenvalue weighted by Crippen LogP contribution is -2.07. The summed E-state index contributed by atoms with van der Waals surface area (Å²) in [7, 11) is 4.69. The molecule has 4 nitrogen and oxygen atoms in total. The fraction of sp³-hybridized carbons (Fsp3) is 0.250. The number of hydrogen-bond acceptors (Lipinski definition) is 3. The van der Waals surface area contributed by atoms with Crippen LogP contribution in [0.15, 0.2) is 18.2 Å². The van der Waals surface area contributed by atoms with E-state index in [1.165, 1.54) is 7.11 Å². The predicted molar refractivity (Wildman–Crippen MR) is 65.8 cm³/mol. The predicted octanol–water partition coefficient (Wildman–Crippen LogP) is 2.63. The SMILES string of the molecule is COC(=O)c1cc2c(Cl)ccc(OC)c2n1C. The minimum Gasteiger partial charge on any atom is -0.495 e. The third-order valence-electron chi connectivity index (χ3n) is 2.72. The van der Waals surface area contributed by atoms with Crippen molar-refractivity contribution in [3.05, 3.63) is 28.9 Å². The van der Waals surface area contributed by atoms with Crippen molar-refractivity contribution < 1.29 is 14.3 Å². The molecule has 0 saturated carbocycles. The van der Waals surface area contributed by atoms with Crippen molar-refractivity contribution >= 4 is 28.5 Å². The highest BCUT2D eigenvalue weighted by atomic mass is 35.5. The second-order valence-electron chi connectivity index (χ2n) is 3.59. The average Bonchev–Trinajstić information content (AvgIpc) is 2.69. The molecule has 0 atom stereocenters. The molecule has 0 aliphatic rings. The molecule has 0 spiro atoms. The van der Waals surface area contributed by atoms with Gasteiger partial charge in [0.15, 0.2) is 0 Å². The number of fused-ring (bicyclic) bond motifs is 1.